The molecule has 0 N–H and O–H groups in total. The summed E-state index contributed by atoms with van der Waals surface area (Å²) in [6.45, 7) is 0. The quantitative estimate of drug-likeness (QED) is 0.543. The summed E-state index contributed by atoms with van der Waals surface area (Å²) in [6, 6.07) is 0. The van der Waals surface area contributed by atoms with E-state index in [-0.39, 0.29) is 11.5 Å². The highest BCUT2D eigenvalue weighted by molar-refractivity contribution is 6.21. The van der Waals surface area contributed by atoms with Gasteiger partial charge in [0.25, 0.3) is 0 Å². The molecule has 0 aromatic heterocycles. The summed E-state index contributed by atoms with van der Waals surface area (Å²) in [6.07, 6.45) is 1.31. The second-order valence-electron chi connectivity index (χ2n) is 2.70. The van der Waals surface area contributed by atoms with Crippen molar-refractivity contribution < 1.29 is 9.13 Å². The maximum absolute atomic E-state index is 12.8. The Morgan fingerprint density at radius 3 is 2.70 bits per heavy atom. The Hall–Kier alpha value is 0.180. The number of halogens is 2. The molecule has 1 saturated carbocycles. The maximum Gasteiger partial charge on any atom is 0.119 e. The van der Waals surface area contributed by atoms with E-state index in [4.69, 9.17) is 16.3 Å². The summed E-state index contributed by atoms with van der Waals surface area (Å²) < 4.78 is 17.8. The van der Waals surface area contributed by atoms with E-state index in [0.717, 1.165) is 12.8 Å². The zero-order chi connectivity index (χ0) is 7.56. The Morgan fingerprint density at radius 1 is 1.50 bits per heavy atom. The zero-order valence-corrected chi connectivity index (χ0v) is 6.77. The van der Waals surface area contributed by atoms with E-state index in [0.29, 0.717) is 6.42 Å². The minimum Gasteiger partial charge on any atom is -0.381 e. The molecule has 0 aromatic carbocycles. The smallest absolute Gasteiger partial charge is 0.119 e. The van der Waals surface area contributed by atoms with Gasteiger partial charge in [-0.3, -0.25) is 0 Å². The van der Waals surface area contributed by atoms with Gasteiger partial charge in [0.1, 0.15) is 6.17 Å². The van der Waals surface area contributed by atoms with Gasteiger partial charge in [-0.25, -0.2) is 4.39 Å². The maximum atomic E-state index is 12.8. The molecule has 0 amide bonds. The Morgan fingerprint density at radius 2 is 2.20 bits per heavy atom. The molecule has 0 heterocycles. The fourth-order valence-electron chi connectivity index (χ4n) is 1.26. The average molecular weight is 167 g/mol. The largest absolute Gasteiger partial charge is 0.381 e. The van der Waals surface area contributed by atoms with E-state index in [1.54, 1.807) is 7.11 Å². The Labute approximate surface area is 65.5 Å². The second kappa shape index (κ2) is 3.54. The number of hydrogen-bond donors (Lipinski definition) is 0. The molecule has 1 rings (SSSR count). The molecule has 60 valence electrons. The van der Waals surface area contributed by atoms with Crippen molar-refractivity contribution in [3.8, 4) is 0 Å². The van der Waals surface area contributed by atoms with E-state index < -0.39 is 6.17 Å². The Bertz CT molecular complexity index is 110. The first-order valence-corrected chi connectivity index (χ1v) is 3.98. The summed E-state index contributed by atoms with van der Waals surface area (Å²) >= 11 is 5.66. The predicted octanol–water partition coefficient (Wildman–Crippen LogP) is 2.13. The van der Waals surface area contributed by atoms with Crippen LogP contribution in [0.2, 0.25) is 0 Å². The minimum absolute atomic E-state index is 0.0880. The minimum atomic E-state index is -0.875. The van der Waals surface area contributed by atoms with Gasteiger partial charge in [0, 0.05) is 13.5 Å². The molecule has 3 heteroatoms. The average Bonchev–Trinajstić information content (AvgIpc) is 1.95. The molecule has 3 atom stereocenters. The third kappa shape index (κ3) is 1.83. The van der Waals surface area contributed by atoms with Crippen LogP contribution in [0, 0.1) is 0 Å². The highest BCUT2D eigenvalue weighted by atomic mass is 35.5. The van der Waals surface area contributed by atoms with Gasteiger partial charge >= 0.3 is 0 Å². The normalized spacial score (nSPS) is 41.7. The van der Waals surface area contributed by atoms with Crippen molar-refractivity contribution in [1.29, 1.82) is 0 Å². The summed E-state index contributed by atoms with van der Waals surface area (Å²) in [5.74, 6) is 0. The van der Waals surface area contributed by atoms with E-state index in [9.17, 15) is 4.39 Å². The predicted molar refractivity (Wildman–Crippen MR) is 39.2 cm³/mol. The number of ether oxygens (including phenoxy) is 1. The van der Waals surface area contributed by atoms with E-state index in [2.05, 4.69) is 0 Å². The molecular weight excluding hydrogens is 155 g/mol. The third-order valence-electron chi connectivity index (χ3n) is 1.98. The lowest BCUT2D eigenvalue weighted by molar-refractivity contribution is 0.0422. The zero-order valence-electron chi connectivity index (χ0n) is 6.02. The third-order valence-corrected chi connectivity index (χ3v) is 2.47. The van der Waals surface area contributed by atoms with Gasteiger partial charge in [0.2, 0.25) is 0 Å². The van der Waals surface area contributed by atoms with Crippen LogP contribution in [0.1, 0.15) is 19.3 Å². The Kier molecular flexibility index (Phi) is 2.93. The molecule has 0 saturated heterocycles. The molecule has 0 bridgehead atoms. The molecule has 0 aromatic rings. The van der Waals surface area contributed by atoms with Crippen LogP contribution in [0.5, 0.6) is 0 Å². The lowest BCUT2D eigenvalue weighted by Gasteiger charge is -2.26. The summed E-state index contributed by atoms with van der Waals surface area (Å²) in [4.78, 5) is 0. The van der Waals surface area contributed by atoms with Gasteiger partial charge in [-0.05, 0) is 12.8 Å². The van der Waals surface area contributed by atoms with E-state index in [1.807, 2.05) is 0 Å². The van der Waals surface area contributed by atoms with Gasteiger partial charge in [0.15, 0.2) is 0 Å². The monoisotopic (exact) mass is 166 g/mol. The van der Waals surface area contributed by atoms with Crippen LogP contribution in [0.4, 0.5) is 4.39 Å². The highest BCUT2D eigenvalue weighted by Crippen LogP contribution is 2.27. The first-order chi connectivity index (χ1) is 4.74. The number of alkyl halides is 2. The van der Waals surface area contributed by atoms with Crippen molar-refractivity contribution in [2.45, 2.75) is 36.9 Å². The number of rotatable bonds is 1. The molecule has 1 fully saturated rings. The van der Waals surface area contributed by atoms with Crippen molar-refractivity contribution >= 4 is 11.6 Å². The fraction of sp³-hybridized carbons (Fsp3) is 1.00. The van der Waals surface area contributed by atoms with Gasteiger partial charge in [0.05, 0.1) is 11.5 Å². The Balaban J connectivity index is 2.33. The molecule has 10 heavy (non-hydrogen) atoms. The van der Waals surface area contributed by atoms with Crippen LogP contribution in [0.15, 0.2) is 0 Å². The van der Waals surface area contributed by atoms with Crippen LogP contribution in [0.3, 0.4) is 0 Å². The highest BCUT2D eigenvalue weighted by Gasteiger charge is 2.28. The lowest BCUT2D eigenvalue weighted by Crippen LogP contribution is -2.30. The molecule has 1 aliphatic rings. The lowest BCUT2D eigenvalue weighted by atomic mass is 9.96. The van der Waals surface area contributed by atoms with Crippen molar-refractivity contribution in [1.82, 2.24) is 0 Å². The van der Waals surface area contributed by atoms with Crippen LogP contribution in [-0.2, 0) is 4.74 Å². The summed E-state index contributed by atoms with van der Waals surface area (Å²) in [7, 11) is 1.62. The summed E-state index contributed by atoms with van der Waals surface area (Å²) in [5, 5.41) is -0.286. The van der Waals surface area contributed by atoms with Crippen LogP contribution in [0.25, 0.3) is 0 Å². The van der Waals surface area contributed by atoms with Crippen LogP contribution >= 0.6 is 11.6 Å². The van der Waals surface area contributed by atoms with Crippen LogP contribution < -0.4 is 0 Å². The molecule has 0 aliphatic heterocycles. The number of hydrogen-bond acceptors (Lipinski definition) is 1. The van der Waals surface area contributed by atoms with Crippen molar-refractivity contribution in [2.24, 2.45) is 0 Å². The first-order valence-electron chi connectivity index (χ1n) is 3.55. The molecule has 1 nitrogen and oxygen atoms in total. The van der Waals surface area contributed by atoms with Crippen molar-refractivity contribution in [3.05, 3.63) is 0 Å². The number of methoxy groups -OCH3 is 1. The standard InChI is InChI=1S/C7H12ClFO/c1-10-5-2-3-6(8)7(9)4-5/h5-7H,2-4H2,1H3. The molecule has 3 unspecified atom stereocenters. The second-order valence-corrected chi connectivity index (χ2v) is 3.26. The first kappa shape index (κ1) is 8.28. The van der Waals surface area contributed by atoms with E-state index in [1.165, 1.54) is 0 Å². The fourth-order valence-corrected chi connectivity index (χ4v) is 1.49. The van der Waals surface area contributed by atoms with Gasteiger partial charge < -0.3 is 4.74 Å². The summed E-state index contributed by atoms with van der Waals surface area (Å²) in [5.41, 5.74) is 0. The van der Waals surface area contributed by atoms with Crippen molar-refractivity contribution in [3.63, 3.8) is 0 Å². The topological polar surface area (TPSA) is 9.23 Å². The molecule has 0 spiro atoms. The van der Waals surface area contributed by atoms with Crippen molar-refractivity contribution in [2.75, 3.05) is 7.11 Å². The van der Waals surface area contributed by atoms with Crippen LogP contribution in [-0.4, -0.2) is 24.8 Å². The molecule has 1 aliphatic carbocycles. The van der Waals surface area contributed by atoms with Gasteiger partial charge in [-0.2, -0.15) is 0 Å². The SMILES string of the molecule is COC1CCC(Cl)C(F)C1. The van der Waals surface area contributed by atoms with E-state index >= 15 is 0 Å². The molecular formula is C7H12ClFO. The van der Waals surface area contributed by atoms with Gasteiger partial charge in [-0.1, -0.05) is 0 Å². The molecule has 0 radical (unpaired) electrons. The van der Waals surface area contributed by atoms with Gasteiger partial charge in [-0.15, -0.1) is 11.6 Å².